The lowest BCUT2D eigenvalue weighted by molar-refractivity contribution is -0.137. The van der Waals surface area contributed by atoms with Crippen LogP contribution in [0.3, 0.4) is 0 Å². The van der Waals surface area contributed by atoms with E-state index in [2.05, 4.69) is 31.1 Å². The minimum Gasteiger partial charge on any atom is -0.481 e. The molecule has 0 rings (SSSR count). The van der Waals surface area contributed by atoms with Crippen molar-refractivity contribution in [3.8, 4) is 0 Å². The largest absolute Gasteiger partial charge is 0.481 e. The van der Waals surface area contributed by atoms with Crippen molar-refractivity contribution in [2.24, 2.45) is 0 Å². The smallest absolute Gasteiger partial charge is 0.303 e. The quantitative estimate of drug-likeness (QED) is 0.545. The molecule has 0 aliphatic heterocycles. The summed E-state index contributed by atoms with van der Waals surface area (Å²) in [5.74, 6) is -0.685. The summed E-state index contributed by atoms with van der Waals surface area (Å²) >= 11 is 0. The van der Waals surface area contributed by atoms with Gasteiger partial charge in [0.15, 0.2) is 0 Å². The van der Waals surface area contributed by atoms with Crippen LogP contribution in [0.4, 0.5) is 0 Å². The van der Waals surface area contributed by atoms with Gasteiger partial charge in [-0.1, -0.05) is 6.42 Å². The molecule has 0 saturated carbocycles. The summed E-state index contributed by atoms with van der Waals surface area (Å²) in [5, 5.41) is 11.9. The van der Waals surface area contributed by atoms with E-state index < -0.39 is 5.97 Å². The van der Waals surface area contributed by atoms with Crippen molar-refractivity contribution in [2.45, 2.75) is 52.0 Å². The van der Waals surface area contributed by atoms with Crippen molar-refractivity contribution in [1.29, 1.82) is 0 Å². The van der Waals surface area contributed by atoms with Crippen LogP contribution in [0.2, 0.25) is 0 Å². The van der Waals surface area contributed by atoms with E-state index in [0.29, 0.717) is 12.5 Å². The lowest BCUT2D eigenvalue weighted by atomic mass is 10.2. The van der Waals surface area contributed by atoms with Gasteiger partial charge in [-0.15, -0.1) is 0 Å². The highest BCUT2D eigenvalue weighted by Crippen LogP contribution is 1.98. The Balaban J connectivity index is 3.11. The summed E-state index contributed by atoms with van der Waals surface area (Å²) in [6.45, 7) is 7.59. The first kappa shape index (κ1) is 16.4. The fraction of sp³-hybridized carbons (Fsp3) is 0.923. The van der Waals surface area contributed by atoms with E-state index in [1.54, 1.807) is 0 Å². The number of unbranched alkanes of at least 4 members (excludes halogenated alkanes) is 2. The second kappa shape index (κ2) is 10.5. The highest BCUT2D eigenvalue weighted by Gasteiger charge is 2.01. The van der Waals surface area contributed by atoms with E-state index in [0.717, 1.165) is 38.9 Å². The maximum Gasteiger partial charge on any atom is 0.303 e. The van der Waals surface area contributed by atoms with E-state index in [-0.39, 0.29) is 0 Å². The molecule has 102 valence electrons. The molecule has 0 aromatic carbocycles. The van der Waals surface area contributed by atoms with Gasteiger partial charge in [-0.05, 0) is 59.8 Å². The van der Waals surface area contributed by atoms with Crippen molar-refractivity contribution < 1.29 is 9.90 Å². The second-order valence-electron chi connectivity index (χ2n) is 4.88. The summed E-state index contributed by atoms with van der Waals surface area (Å²) < 4.78 is 0. The minimum absolute atomic E-state index is 0.305. The molecule has 0 aromatic rings. The summed E-state index contributed by atoms with van der Waals surface area (Å²) in [6.07, 6.45) is 4.36. The van der Waals surface area contributed by atoms with E-state index in [4.69, 9.17) is 5.11 Å². The number of carboxylic acids is 1. The molecule has 0 spiro atoms. The van der Waals surface area contributed by atoms with Crippen molar-refractivity contribution >= 4 is 5.97 Å². The number of carbonyl (C=O) groups is 1. The fourth-order valence-corrected chi connectivity index (χ4v) is 1.54. The highest BCUT2D eigenvalue weighted by molar-refractivity contribution is 5.66. The Morgan fingerprint density at radius 3 is 2.41 bits per heavy atom. The molecule has 0 aliphatic carbocycles. The molecule has 0 unspecified atom stereocenters. The molecule has 2 N–H and O–H groups in total. The zero-order chi connectivity index (χ0) is 13.1. The second-order valence-corrected chi connectivity index (χ2v) is 4.88. The maximum absolute atomic E-state index is 10.3. The Labute approximate surface area is 105 Å². The molecule has 0 heterocycles. The van der Waals surface area contributed by atoms with Crippen molar-refractivity contribution in [3.63, 3.8) is 0 Å². The third-order valence-corrected chi connectivity index (χ3v) is 2.99. The van der Waals surface area contributed by atoms with Crippen molar-refractivity contribution in [1.82, 2.24) is 10.2 Å². The van der Waals surface area contributed by atoms with Crippen LogP contribution >= 0.6 is 0 Å². The van der Waals surface area contributed by atoms with Crippen LogP contribution < -0.4 is 5.32 Å². The molecule has 0 bridgehead atoms. The number of rotatable bonds is 11. The van der Waals surface area contributed by atoms with Gasteiger partial charge in [0, 0.05) is 12.5 Å². The van der Waals surface area contributed by atoms with E-state index in [1.165, 1.54) is 6.42 Å². The molecular weight excluding hydrogens is 216 g/mol. The summed E-state index contributed by atoms with van der Waals surface area (Å²) in [6, 6.07) is 0.617. The molecule has 0 aromatic heterocycles. The summed E-state index contributed by atoms with van der Waals surface area (Å²) in [5.41, 5.74) is 0. The van der Waals surface area contributed by atoms with Crippen molar-refractivity contribution in [3.05, 3.63) is 0 Å². The first-order chi connectivity index (χ1) is 8.04. The van der Waals surface area contributed by atoms with Gasteiger partial charge in [-0.2, -0.15) is 0 Å². The lowest BCUT2D eigenvalue weighted by Crippen LogP contribution is -2.29. The van der Waals surface area contributed by atoms with E-state index in [9.17, 15) is 4.79 Å². The molecule has 4 nitrogen and oxygen atoms in total. The van der Waals surface area contributed by atoms with Gasteiger partial charge in [-0.25, -0.2) is 0 Å². The highest BCUT2D eigenvalue weighted by atomic mass is 16.4. The molecule has 4 heteroatoms. The number of nitrogens with zero attached hydrogens (tertiary/aromatic N) is 1. The van der Waals surface area contributed by atoms with Crippen LogP contribution in [0, 0.1) is 0 Å². The molecular formula is C13H28N2O2. The molecule has 17 heavy (non-hydrogen) atoms. The van der Waals surface area contributed by atoms with Crippen LogP contribution in [0.25, 0.3) is 0 Å². The Bertz CT molecular complexity index is 196. The standard InChI is InChI=1S/C13H28N2O2/c1-12(2)15(3)11-7-10-14-9-6-4-5-8-13(16)17/h12,14H,4-11H2,1-3H3,(H,16,17). The Morgan fingerprint density at radius 1 is 1.18 bits per heavy atom. The molecule has 0 atom stereocenters. The number of aliphatic carboxylic acids is 1. The van der Waals surface area contributed by atoms with Crippen LogP contribution in [0.15, 0.2) is 0 Å². The van der Waals surface area contributed by atoms with Gasteiger partial charge in [0.05, 0.1) is 0 Å². The number of hydrogen-bond donors (Lipinski definition) is 2. The average Bonchev–Trinajstić information content (AvgIpc) is 2.25. The SMILES string of the molecule is CC(C)N(C)CCCNCCCCCC(=O)O. The van der Waals surface area contributed by atoms with Gasteiger partial charge in [0.1, 0.15) is 0 Å². The molecule has 0 aliphatic rings. The Kier molecular flexibility index (Phi) is 10.2. The number of carboxylic acid groups (broad SMARTS) is 1. The topological polar surface area (TPSA) is 52.6 Å². The molecule has 0 radical (unpaired) electrons. The lowest BCUT2D eigenvalue weighted by Gasteiger charge is -2.20. The van der Waals surface area contributed by atoms with E-state index >= 15 is 0 Å². The average molecular weight is 244 g/mol. The zero-order valence-electron chi connectivity index (χ0n) is 11.5. The first-order valence-corrected chi connectivity index (χ1v) is 6.66. The number of nitrogens with one attached hydrogen (secondary N) is 1. The third-order valence-electron chi connectivity index (χ3n) is 2.99. The van der Waals surface area contributed by atoms with Gasteiger partial charge in [-0.3, -0.25) is 4.79 Å². The normalized spacial score (nSPS) is 11.4. The van der Waals surface area contributed by atoms with Crippen LogP contribution in [0.1, 0.15) is 46.0 Å². The predicted octanol–water partition coefficient (Wildman–Crippen LogP) is 1.95. The maximum atomic E-state index is 10.3. The summed E-state index contributed by atoms with van der Waals surface area (Å²) in [4.78, 5) is 12.6. The van der Waals surface area contributed by atoms with Crippen LogP contribution in [0.5, 0.6) is 0 Å². The fourth-order valence-electron chi connectivity index (χ4n) is 1.54. The van der Waals surface area contributed by atoms with E-state index in [1.807, 2.05) is 0 Å². The molecule has 0 fully saturated rings. The van der Waals surface area contributed by atoms with Gasteiger partial charge in [0.25, 0.3) is 0 Å². The monoisotopic (exact) mass is 244 g/mol. The zero-order valence-corrected chi connectivity index (χ0v) is 11.5. The van der Waals surface area contributed by atoms with Gasteiger partial charge < -0.3 is 15.3 Å². The minimum atomic E-state index is -0.685. The molecule has 0 saturated heterocycles. The Hall–Kier alpha value is -0.610. The van der Waals surface area contributed by atoms with Gasteiger partial charge >= 0.3 is 5.97 Å². The summed E-state index contributed by atoms with van der Waals surface area (Å²) in [7, 11) is 2.15. The van der Waals surface area contributed by atoms with Crippen LogP contribution in [-0.4, -0.2) is 48.7 Å². The van der Waals surface area contributed by atoms with Crippen molar-refractivity contribution in [2.75, 3.05) is 26.7 Å². The van der Waals surface area contributed by atoms with Crippen LogP contribution in [-0.2, 0) is 4.79 Å². The molecule has 0 amide bonds. The Morgan fingerprint density at radius 2 is 1.82 bits per heavy atom. The predicted molar refractivity (Wildman–Crippen MR) is 71.4 cm³/mol. The van der Waals surface area contributed by atoms with Gasteiger partial charge in [0.2, 0.25) is 0 Å². The number of hydrogen-bond acceptors (Lipinski definition) is 3. The first-order valence-electron chi connectivity index (χ1n) is 6.66. The third kappa shape index (κ3) is 11.6.